The molecule has 1 rings (SSSR count). The van der Waals surface area contributed by atoms with E-state index in [2.05, 4.69) is 37.9 Å². The average molecular weight is 333 g/mol. The third-order valence-corrected chi connectivity index (χ3v) is 3.17. The Morgan fingerprint density at radius 1 is 1.47 bits per heavy atom. The van der Waals surface area contributed by atoms with E-state index in [1.165, 1.54) is 0 Å². The minimum absolute atomic E-state index is 0.0251. The molecule has 0 fully saturated rings. The van der Waals surface area contributed by atoms with Crippen LogP contribution in [0, 0.1) is 17.2 Å². The van der Waals surface area contributed by atoms with Gasteiger partial charge in [-0.15, -0.1) is 0 Å². The van der Waals surface area contributed by atoms with Crippen molar-refractivity contribution in [3.05, 3.63) is 28.7 Å². The number of rotatable bonds is 5. The average Bonchev–Trinajstić information content (AvgIpc) is 2.25. The van der Waals surface area contributed by atoms with Crippen LogP contribution in [-0.2, 0) is 0 Å². The number of benzene rings is 1. The highest BCUT2D eigenvalue weighted by Gasteiger charge is 2.05. The van der Waals surface area contributed by atoms with E-state index in [1.54, 1.807) is 0 Å². The zero-order valence-corrected chi connectivity index (χ0v) is 11.3. The van der Waals surface area contributed by atoms with E-state index >= 15 is 0 Å². The van der Waals surface area contributed by atoms with Gasteiger partial charge in [0, 0.05) is 9.80 Å². The third-order valence-electron chi connectivity index (χ3n) is 1.90. The fourth-order valence-corrected chi connectivity index (χ4v) is 1.90. The number of halogens is 2. The first-order chi connectivity index (χ1) is 7.26. The van der Waals surface area contributed by atoms with Gasteiger partial charge in [0.25, 0.3) is 0 Å². The molecule has 0 bridgehead atoms. The van der Waals surface area contributed by atoms with Crippen LogP contribution in [0.4, 0.5) is 0 Å². The molecule has 0 aliphatic rings. The lowest BCUT2D eigenvalue weighted by molar-refractivity contribution is 0.298. The van der Waals surface area contributed by atoms with Crippen LogP contribution < -0.4 is 4.74 Å². The molecule has 0 N–H and O–H groups in total. The van der Waals surface area contributed by atoms with E-state index in [4.69, 9.17) is 10.00 Å². The van der Waals surface area contributed by atoms with Crippen LogP contribution in [-0.4, -0.2) is 11.9 Å². The first kappa shape index (κ1) is 12.5. The van der Waals surface area contributed by atoms with Gasteiger partial charge in [-0.1, -0.05) is 37.9 Å². The number of hydrogen-bond acceptors (Lipinski definition) is 2. The van der Waals surface area contributed by atoms with Gasteiger partial charge in [0.2, 0.25) is 0 Å². The van der Waals surface area contributed by atoms with E-state index in [0.717, 1.165) is 16.6 Å². The predicted octanol–water partition coefficient (Wildman–Crippen LogP) is 3.75. The summed E-state index contributed by atoms with van der Waals surface area (Å²) in [6, 6.07) is 9.90. The van der Waals surface area contributed by atoms with E-state index in [-0.39, 0.29) is 5.92 Å². The molecule has 4 heteroatoms. The van der Waals surface area contributed by atoms with Crippen molar-refractivity contribution < 1.29 is 4.74 Å². The third kappa shape index (κ3) is 4.67. The Morgan fingerprint density at radius 2 is 2.27 bits per heavy atom. The Kier molecular flexibility index (Phi) is 5.74. The van der Waals surface area contributed by atoms with E-state index in [9.17, 15) is 0 Å². The van der Waals surface area contributed by atoms with Gasteiger partial charge >= 0.3 is 0 Å². The maximum Gasteiger partial charge on any atom is 0.120 e. The van der Waals surface area contributed by atoms with Crippen LogP contribution in [0.3, 0.4) is 0 Å². The Labute approximate surface area is 106 Å². The summed E-state index contributed by atoms with van der Waals surface area (Å²) in [5.41, 5.74) is 0. The van der Waals surface area contributed by atoms with Crippen molar-refractivity contribution in [3.8, 4) is 11.8 Å². The van der Waals surface area contributed by atoms with Gasteiger partial charge in [-0.2, -0.15) is 5.26 Å². The Bertz CT molecular complexity index is 349. The van der Waals surface area contributed by atoms with Crippen molar-refractivity contribution in [1.82, 2.24) is 0 Å². The molecule has 0 aromatic heterocycles. The van der Waals surface area contributed by atoms with Gasteiger partial charge in [-0.3, -0.25) is 0 Å². The summed E-state index contributed by atoms with van der Waals surface area (Å²) in [6.45, 7) is 0.570. The van der Waals surface area contributed by atoms with E-state index < -0.39 is 0 Å². The molecule has 80 valence electrons. The molecule has 2 nitrogen and oxygen atoms in total. The van der Waals surface area contributed by atoms with Crippen molar-refractivity contribution >= 4 is 31.9 Å². The molecule has 1 aromatic rings. The summed E-state index contributed by atoms with van der Waals surface area (Å²) in [5.74, 6) is 0.854. The summed E-state index contributed by atoms with van der Waals surface area (Å²) in [6.07, 6.45) is 0.744. The molecule has 15 heavy (non-hydrogen) atoms. The number of nitrogens with zero attached hydrogens (tertiary/aromatic N) is 1. The van der Waals surface area contributed by atoms with Crippen LogP contribution in [0.5, 0.6) is 5.75 Å². The number of ether oxygens (including phenoxy) is 1. The van der Waals surface area contributed by atoms with Gasteiger partial charge in [-0.25, -0.2) is 0 Å². The molecule has 1 atom stereocenters. The second-order valence-electron chi connectivity index (χ2n) is 3.07. The van der Waals surface area contributed by atoms with Crippen LogP contribution in [0.15, 0.2) is 28.7 Å². The number of alkyl halides is 1. The Morgan fingerprint density at radius 3 is 2.87 bits per heavy atom. The zero-order chi connectivity index (χ0) is 11.1. The highest BCUT2D eigenvalue weighted by Crippen LogP contribution is 2.18. The topological polar surface area (TPSA) is 33.0 Å². The number of nitriles is 1. The second-order valence-corrected chi connectivity index (χ2v) is 4.64. The smallest absolute Gasteiger partial charge is 0.120 e. The van der Waals surface area contributed by atoms with E-state index in [1.807, 2.05) is 24.3 Å². The molecule has 1 aromatic carbocycles. The fourth-order valence-electron chi connectivity index (χ4n) is 1.05. The van der Waals surface area contributed by atoms with Crippen molar-refractivity contribution in [1.29, 1.82) is 5.26 Å². The summed E-state index contributed by atoms with van der Waals surface area (Å²) < 4.78 is 6.52. The molecule has 0 amide bonds. The molecular weight excluding hydrogens is 322 g/mol. The predicted molar refractivity (Wildman–Crippen MR) is 67.2 cm³/mol. The monoisotopic (exact) mass is 331 g/mol. The highest BCUT2D eigenvalue weighted by atomic mass is 79.9. The summed E-state index contributed by atoms with van der Waals surface area (Å²) in [4.78, 5) is 0. The normalized spacial score (nSPS) is 11.8. The van der Waals surface area contributed by atoms with Gasteiger partial charge < -0.3 is 4.74 Å². The standard InChI is InChI=1S/C11H11Br2NO/c12-7-9(8-14)4-5-15-11-3-1-2-10(13)6-11/h1-3,6,9H,4-5,7H2. The summed E-state index contributed by atoms with van der Waals surface area (Å²) >= 11 is 6.66. The minimum atomic E-state index is 0.0251. The SMILES string of the molecule is N#CC(CBr)CCOc1cccc(Br)c1. The van der Waals surface area contributed by atoms with Crippen LogP contribution in [0.1, 0.15) is 6.42 Å². The quantitative estimate of drug-likeness (QED) is 0.769. The summed E-state index contributed by atoms with van der Waals surface area (Å²) in [7, 11) is 0. The summed E-state index contributed by atoms with van der Waals surface area (Å²) in [5, 5.41) is 9.42. The fraction of sp³-hybridized carbons (Fsp3) is 0.364. The molecule has 0 heterocycles. The van der Waals surface area contributed by atoms with Gasteiger partial charge in [0.15, 0.2) is 0 Å². The molecule has 0 saturated heterocycles. The lowest BCUT2D eigenvalue weighted by atomic mass is 10.1. The molecule has 1 unspecified atom stereocenters. The lowest BCUT2D eigenvalue weighted by Crippen LogP contribution is -2.06. The zero-order valence-electron chi connectivity index (χ0n) is 8.12. The molecule has 0 aliphatic carbocycles. The van der Waals surface area contributed by atoms with E-state index in [0.29, 0.717) is 11.9 Å². The highest BCUT2D eigenvalue weighted by molar-refractivity contribution is 9.10. The first-order valence-corrected chi connectivity index (χ1v) is 6.51. The number of hydrogen-bond donors (Lipinski definition) is 0. The minimum Gasteiger partial charge on any atom is -0.494 e. The molecular formula is C11H11Br2NO. The van der Waals surface area contributed by atoms with Gasteiger partial charge in [-0.05, 0) is 24.6 Å². The Hall–Kier alpha value is -0.530. The molecule has 0 saturated carbocycles. The molecule has 0 aliphatic heterocycles. The van der Waals surface area contributed by atoms with Crippen molar-refractivity contribution in [2.45, 2.75) is 6.42 Å². The molecule has 0 radical (unpaired) electrons. The van der Waals surface area contributed by atoms with Crippen LogP contribution >= 0.6 is 31.9 Å². The first-order valence-electron chi connectivity index (χ1n) is 4.60. The maximum absolute atomic E-state index is 8.72. The van der Waals surface area contributed by atoms with Gasteiger partial charge in [0.05, 0.1) is 18.6 Å². The van der Waals surface area contributed by atoms with Crippen molar-refractivity contribution in [2.75, 3.05) is 11.9 Å². The van der Waals surface area contributed by atoms with Gasteiger partial charge in [0.1, 0.15) is 5.75 Å². The van der Waals surface area contributed by atoms with Crippen LogP contribution in [0.25, 0.3) is 0 Å². The lowest BCUT2D eigenvalue weighted by Gasteiger charge is -2.08. The van der Waals surface area contributed by atoms with Crippen LogP contribution in [0.2, 0.25) is 0 Å². The maximum atomic E-state index is 8.72. The molecule has 0 spiro atoms. The largest absolute Gasteiger partial charge is 0.494 e. The van der Waals surface area contributed by atoms with Crippen molar-refractivity contribution in [2.24, 2.45) is 5.92 Å². The second kappa shape index (κ2) is 6.86. The Balaban J connectivity index is 2.35. The van der Waals surface area contributed by atoms with Crippen molar-refractivity contribution in [3.63, 3.8) is 0 Å².